The molecular formula is C19H26F3IN4OS. The van der Waals surface area contributed by atoms with Crippen molar-refractivity contribution in [3.8, 4) is 5.75 Å². The second kappa shape index (κ2) is 12.2. The highest BCUT2D eigenvalue weighted by molar-refractivity contribution is 14.0. The number of aliphatic imine (C=N–C) groups is 1. The number of nitrogens with zero attached hydrogens (tertiary/aromatic N) is 2. The van der Waals surface area contributed by atoms with E-state index in [1.54, 1.807) is 30.5 Å². The van der Waals surface area contributed by atoms with E-state index >= 15 is 0 Å². The van der Waals surface area contributed by atoms with Gasteiger partial charge in [0, 0.05) is 31.4 Å². The highest BCUT2D eigenvalue weighted by Crippen LogP contribution is 2.19. The van der Waals surface area contributed by atoms with E-state index in [0.29, 0.717) is 19.0 Å². The summed E-state index contributed by atoms with van der Waals surface area (Å²) in [5.74, 6) is 0.843. The maximum atomic E-state index is 12.2. The van der Waals surface area contributed by atoms with E-state index in [1.807, 2.05) is 0 Å². The highest BCUT2D eigenvalue weighted by Gasteiger charge is 2.28. The van der Waals surface area contributed by atoms with Crippen LogP contribution in [0.2, 0.25) is 0 Å². The van der Waals surface area contributed by atoms with Crippen molar-refractivity contribution in [2.24, 2.45) is 4.99 Å². The maximum absolute atomic E-state index is 12.2. The van der Waals surface area contributed by atoms with E-state index in [9.17, 15) is 13.2 Å². The summed E-state index contributed by atoms with van der Waals surface area (Å²) in [6, 6.07) is 6.48. The van der Waals surface area contributed by atoms with E-state index in [0.717, 1.165) is 29.1 Å². The van der Waals surface area contributed by atoms with Gasteiger partial charge in [0.25, 0.3) is 0 Å². The molecule has 0 atom stereocenters. The molecule has 2 rings (SSSR count). The number of halogens is 4. The molecule has 162 valence electrons. The summed E-state index contributed by atoms with van der Waals surface area (Å²) >= 11 is 1.72. The monoisotopic (exact) mass is 542 g/mol. The van der Waals surface area contributed by atoms with Crippen molar-refractivity contribution in [3.05, 3.63) is 45.4 Å². The zero-order chi connectivity index (χ0) is 20.6. The zero-order valence-corrected chi connectivity index (χ0v) is 19.7. The lowest BCUT2D eigenvalue weighted by Crippen LogP contribution is -2.37. The summed E-state index contributed by atoms with van der Waals surface area (Å²) < 4.78 is 41.2. The lowest BCUT2D eigenvalue weighted by molar-refractivity contribution is -0.153. The van der Waals surface area contributed by atoms with Gasteiger partial charge in [0.1, 0.15) is 5.75 Å². The van der Waals surface area contributed by atoms with Gasteiger partial charge in [-0.1, -0.05) is 19.1 Å². The summed E-state index contributed by atoms with van der Waals surface area (Å²) in [6.45, 7) is 4.10. The predicted octanol–water partition coefficient (Wildman–Crippen LogP) is 4.48. The van der Waals surface area contributed by atoms with Gasteiger partial charge in [-0.15, -0.1) is 35.3 Å². The minimum absolute atomic E-state index is 0. The van der Waals surface area contributed by atoms with Crippen molar-refractivity contribution in [2.45, 2.75) is 39.4 Å². The van der Waals surface area contributed by atoms with Crippen LogP contribution in [0, 0.1) is 6.92 Å². The Labute approximate surface area is 190 Å². The molecule has 5 nitrogen and oxygen atoms in total. The molecule has 0 saturated carbocycles. The van der Waals surface area contributed by atoms with Gasteiger partial charge < -0.3 is 15.4 Å². The van der Waals surface area contributed by atoms with Crippen molar-refractivity contribution in [3.63, 3.8) is 0 Å². The van der Waals surface area contributed by atoms with Crippen LogP contribution in [-0.2, 0) is 19.4 Å². The Hall–Kier alpha value is -1.56. The van der Waals surface area contributed by atoms with Crippen molar-refractivity contribution < 1.29 is 17.9 Å². The van der Waals surface area contributed by atoms with E-state index < -0.39 is 12.8 Å². The summed E-state index contributed by atoms with van der Waals surface area (Å²) in [5.41, 5.74) is 2.07. The molecule has 2 N–H and O–H groups in total. The average Bonchev–Trinajstić information content (AvgIpc) is 3.02. The molecule has 0 bridgehead atoms. The lowest BCUT2D eigenvalue weighted by Gasteiger charge is -2.12. The third kappa shape index (κ3) is 9.20. The van der Waals surface area contributed by atoms with Gasteiger partial charge in [-0.25, -0.2) is 4.98 Å². The van der Waals surface area contributed by atoms with Crippen LogP contribution in [0.15, 0.2) is 29.3 Å². The van der Waals surface area contributed by atoms with Crippen LogP contribution in [0.4, 0.5) is 13.2 Å². The van der Waals surface area contributed by atoms with Crippen molar-refractivity contribution in [1.29, 1.82) is 0 Å². The molecule has 0 saturated heterocycles. The molecule has 2 aromatic rings. The first-order valence-electron chi connectivity index (χ1n) is 8.99. The van der Waals surface area contributed by atoms with Crippen LogP contribution < -0.4 is 15.4 Å². The van der Waals surface area contributed by atoms with E-state index in [-0.39, 0.29) is 29.7 Å². The zero-order valence-electron chi connectivity index (χ0n) is 16.6. The van der Waals surface area contributed by atoms with Crippen molar-refractivity contribution in [2.75, 3.05) is 20.2 Å². The Balaban J connectivity index is 0.00000420. The van der Waals surface area contributed by atoms with Crippen LogP contribution in [0.3, 0.4) is 0 Å². The maximum Gasteiger partial charge on any atom is 0.422 e. The third-order valence-corrected chi connectivity index (χ3v) is 4.99. The standard InChI is InChI=1S/C19H25F3N4OS.HI/c1-4-16-13(2)28-17(26-16)9-10-24-18(23-3)25-11-14-5-7-15(8-6-14)27-12-19(20,21)22;/h5-8H,4,9-12H2,1-3H3,(H2,23,24,25);1H. The van der Waals surface area contributed by atoms with Crippen LogP contribution >= 0.6 is 35.3 Å². The summed E-state index contributed by atoms with van der Waals surface area (Å²) in [4.78, 5) is 10.1. The Morgan fingerprint density at radius 2 is 1.90 bits per heavy atom. The highest BCUT2D eigenvalue weighted by atomic mass is 127. The number of hydrogen-bond acceptors (Lipinski definition) is 4. The molecule has 0 fully saturated rings. The van der Waals surface area contributed by atoms with Gasteiger partial charge in [-0.2, -0.15) is 13.2 Å². The molecule has 0 spiro atoms. The minimum atomic E-state index is -4.34. The number of aromatic nitrogens is 1. The van der Waals surface area contributed by atoms with Gasteiger partial charge in [0.05, 0.1) is 10.7 Å². The molecule has 0 unspecified atom stereocenters. The van der Waals surface area contributed by atoms with Gasteiger partial charge in [0.15, 0.2) is 12.6 Å². The first kappa shape index (κ1) is 25.5. The Morgan fingerprint density at radius 3 is 2.45 bits per heavy atom. The fourth-order valence-corrected chi connectivity index (χ4v) is 3.51. The number of guanidine groups is 1. The summed E-state index contributed by atoms with van der Waals surface area (Å²) in [6.07, 6.45) is -2.58. The summed E-state index contributed by atoms with van der Waals surface area (Å²) in [5, 5.41) is 7.52. The number of thiazole rings is 1. The molecule has 0 amide bonds. The topological polar surface area (TPSA) is 58.5 Å². The lowest BCUT2D eigenvalue weighted by atomic mass is 10.2. The van der Waals surface area contributed by atoms with Crippen LogP contribution in [0.5, 0.6) is 5.75 Å². The molecule has 1 aromatic carbocycles. The molecule has 1 heterocycles. The molecular weight excluding hydrogens is 516 g/mol. The van der Waals surface area contributed by atoms with Gasteiger partial charge in [-0.3, -0.25) is 4.99 Å². The molecule has 1 aromatic heterocycles. The molecule has 0 radical (unpaired) electrons. The fourth-order valence-electron chi connectivity index (χ4n) is 2.49. The van der Waals surface area contributed by atoms with E-state index in [2.05, 4.69) is 34.5 Å². The largest absolute Gasteiger partial charge is 0.484 e. The quantitative estimate of drug-likeness (QED) is 0.294. The summed E-state index contributed by atoms with van der Waals surface area (Å²) in [7, 11) is 1.69. The first-order valence-corrected chi connectivity index (χ1v) is 9.80. The molecule has 10 heteroatoms. The third-order valence-electron chi connectivity index (χ3n) is 3.91. The second-order valence-corrected chi connectivity index (χ2v) is 7.40. The number of hydrogen-bond donors (Lipinski definition) is 2. The number of rotatable bonds is 8. The van der Waals surface area contributed by atoms with E-state index in [1.165, 1.54) is 17.0 Å². The first-order chi connectivity index (χ1) is 13.3. The number of aryl methyl sites for hydroxylation is 2. The Morgan fingerprint density at radius 1 is 1.21 bits per heavy atom. The van der Waals surface area contributed by atoms with Crippen molar-refractivity contribution in [1.82, 2.24) is 15.6 Å². The van der Waals surface area contributed by atoms with Crippen LogP contribution in [0.25, 0.3) is 0 Å². The number of benzene rings is 1. The fraction of sp³-hybridized carbons (Fsp3) is 0.474. The van der Waals surface area contributed by atoms with E-state index in [4.69, 9.17) is 4.74 Å². The van der Waals surface area contributed by atoms with Crippen molar-refractivity contribution >= 4 is 41.3 Å². The van der Waals surface area contributed by atoms with Gasteiger partial charge in [0.2, 0.25) is 0 Å². The minimum Gasteiger partial charge on any atom is -0.484 e. The normalized spacial score (nSPS) is 11.7. The molecule has 0 aliphatic heterocycles. The number of nitrogens with one attached hydrogen (secondary N) is 2. The van der Waals surface area contributed by atoms with Gasteiger partial charge in [-0.05, 0) is 31.0 Å². The van der Waals surface area contributed by atoms with Crippen LogP contribution in [0.1, 0.15) is 28.1 Å². The molecule has 29 heavy (non-hydrogen) atoms. The number of alkyl halides is 3. The smallest absolute Gasteiger partial charge is 0.422 e. The van der Waals surface area contributed by atoms with Gasteiger partial charge >= 0.3 is 6.18 Å². The van der Waals surface area contributed by atoms with Crippen LogP contribution in [-0.4, -0.2) is 37.3 Å². The molecule has 0 aliphatic carbocycles. The number of ether oxygens (including phenoxy) is 1. The average molecular weight is 542 g/mol. The Kier molecular flexibility index (Phi) is 10.7. The second-order valence-electron chi connectivity index (χ2n) is 6.11. The SMILES string of the molecule is CCc1nc(CCNC(=NC)NCc2ccc(OCC(F)(F)F)cc2)sc1C.I. The Bertz CT molecular complexity index is 779. The predicted molar refractivity (Wildman–Crippen MR) is 122 cm³/mol. The molecule has 0 aliphatic rings.